The van der Waals surface area contributed by atoms with Gasteiger partial charge in [0.2, 0.25) is 0 Å². The van der Waals surface area contributed by atoms with Crippen molar-refractivity contribution in [3.63, 3.8) is 0 Å². The van der Waals surface area contributed by atoms with E-state index in [9.17, 15) is 5.11 Å². The molecule has 0 fully saturated rings. The minimum Gasteiger partial charge on any atom is -0.508 e. The van der Waals surface area contributed by atoms with Crippen molar-refractivity contribution >= 4 is 0 Å². The maximum absolute atomic E-state index is 10.2. The van der Waals surface area contributed by atoms with E-state index in [0.717, 1.165) is 18.7 Å². The predicted octanol–water partition coefficient (Wildman–Crippen LogP) is 9.09. The Morgan fingerprint density at radius 1 is 0.686 bits per heavy atom. The summed E-state index contributed by atoms with van der Waals surface area (Å²) in [5.74, 6) is 0.970. The molecular formula is C32H60N2O. The number of nitrogens with one attached hydrogen (secondary N) is 1. The number of phenols is 1. The number of aromatic hydroxyl groups is 1. The summed E-state index contributed by atoms with van der Waals surface area (Å²) in [5.41, 5.74) is 0.996. The minimum atomic E-state index is 0.400. The molecule has 1 aromatic rings. The van der Waals surface area contributed by atoms with Crippen LogP contribution in [-0.2, 0) is 6.54 Å². The first-order chi connectivity index (χ1) is 17.1. The molecule has 3 nitrogen and oxygen atoms in total. The number of rotatable bonds is 24. The fourth-order valence-corrected chi connectivity index (χ4v) is 4.92. The standard InChI is InChI=1S/C32H60N2O/c1-5-7-9-11-13-15-17-21-25-34(26-22-18-16-14-12-10-8-6-2)28-31(29(3)4)33-27-30-23-19-20-24-32(30)35/h19-20,23-24,29,31,33,35H,5-18,21-22,25-28H2,1-4H3/t31-/m1/s1. The van der Waals surface area contributed by atoms with Crippen LogP contribution in [0.5, 0.6) is 5.75 Å². The van der Waals surface area contributed by atoms with E-state index >= 15 is 0 Å². The van der Waals surface area contributed by atoms with Crippen LogP contribution in [0.15, 0.2) is 24.3 Å². The van der Waals surface area contributed by atoms with E-state index in [0.29, 0.717) is 17.7 Å². The van der Waals surface area contributed by atoms with Gasteiger partial charge in [-0.15, -0.1) is 0 Å². The molecular weight excluding hydrogens is 428 g/mol. The van der Waals surface area contributed by atoms with Crippen molar-refractivity contribution in [2.75, 3.05) is 19.6 Å². The molecule has 0 bridgehead atoms. The van der Waals surface area contributed by atoms with Crippen LogP contribution in [0.25, 0.3) is 0 Å². The third-order valence-corrected chi connectivity index (χ3v) is 7.46. The Kier molecular flexibility index (Phi) is 20.2. The van der Waals surface area contributed by atoms with Gasteiger partial charge in [0.15, 0.2) is 0 Å². The number of benzene rings is 1. The quantitative estimate of drug-likeness (QED) is 0.142. The maximum atomic E-state index is 10.2. The summed E-state index contributed by atoms with van der Waals surface area (Å²) in [5, 5.41) is 13.9. The van der Waals surface area contributed by atoms with E-state index in [1.807, 2.05) is 18.2 Å². The van der Waals surface area contributed by atoms with Gasteiger partial charge in [-0.25, -0.2) is 0 Å². The molecule has 0 saturated heterocycles. The second-order valence-electron chi connectivity index (χ2n) is 11.1. The first-order valence-electron chi connectivity index (χ1n) is 15.3. The Morgan fingerprint density at radius 3 is 1.60 bits per heavy atom. The second-order valence-corrected chi connectivity index (χ2v) is 11.1. The average molecular weight is 489 g/mol. The third kappa shape index (κ3) is 17.1. The topological polar surface area (TPSA) is 35.5 Å². The van der Waals surface area contributed by atoms with Crippen molar-refractivity contribution in [3.05, 3.63) is 29.8 Å². The van der Waals surface area contributed by atoms with Crippen LogP contribution in [0.1, 0.15) is 136 Å². The van der Waals surface area contributed by atoms with E-state index in [4.69, 9.17) is 0 Å². The monoisotopic (exact) mass is 488 g/mol. The highest BCUT2D eigenvalue weighted by atomic mass is 16.3. The van der Waals surface area contributed by atoms with Crippen LogP contribution in [0.3, 0.4) is 0 Å². The highest BCUT2D eigenvalue weighted by Crippen LogP contribution is 2.17. The zero-order chi connectivity index (χ0) is 25.6. The summed E-state index contributed by atoms with van der Waals surface area (Å²) >= 11 is 0. The van der Waals surface area contributed by atoms with Crippen molar-refractivity contribution in [3.8, 4) is 5.75 Å². The fraction of sp³-hybridized carbons (Fsp3) is 0.812. The van der Waals surface area contributed by atoms with Crippen LogP contribution in [0.4, 0.5) is 0 Å². The van der Waals surface area contributed by atoms with Crippen LogP contribution in [-0.4, -0.2) is 35.7 Å². The van der Waals surface area contributed by atoms with E-state index in [1.54, 1.807) is 6.07 Å². The zero-order valence-corrected chi connectivity index (χ0v) is 24.0. The van der Waals surface area contributed by atoms with E-state index < -0.39 is 0 Å². The van der Waals surface area contributed by atoms with Gasteiger partial charge in [0, 0.05) is 24.7 Å². The molecule has 204 valence electrons. The van der Waals surface area contributed by atoms with Gasteiger partial charge < -0.3 is 15.3 Å². The molecule has 1 rings (SSSR count). The lowest BCUT2D eigenvalue weighted by Gasteiger charge is -2.31. The van der Waals surface area contributed by atoms with Crippen LogP contribution < -0.4 is 5.32 Å². The predicted molar refractivity (Wildman–Crippen MR) is 155 cm³/mol. The van der Waals surface area contributed by atoms with Crippen LogP contribution in [0.2, 0.25) is 0 Å². The SMILES string of the molecule is CCCCCCCCCCN(CCCCCCCCCC)C[C@@H](NCc1ccccc1O)C(C)C. The molecule has 1 atom stereocenters. The number of para-hydroxylation sites is 1. The van der Waals surface area contributed by atoms with Gasteiger partial charge in [0.25, 0.3) is 0 Å². The van der Waals surface area contributed by atoms with Gasteiger partial charge >= 0.3 is 0 Å². The Bertz CT molecular complexity index is 569. The summed E-state index contributed by atoms with van der Waals surface area (Å²) in [6, 6.07) is 8.17. The normalized spacial score (nSPS) is 12.6. The summed E-state index contributed by atoms with van der Waals surface area (Å²) in [6.07, 6.45) is 22.2. The first kappa shape index (κ1) is 32.0. The van der Waals surface area contributed by atoms with Gasteiger partial charge in [-0.1, -0.05) is 136 Å². The average Bonchev–Trinajstić information content (AvgIpc) is 2.85. The number of nitrogens with zero attached hydrogens (tertiary/aromatic N) is 1. The van der Waals surface area contributed by atoms with E-state index in [1.165, 1.54) is 116 Å². The summed E-state index contributed by atoms with van der Waals surface area (Å²) in [4.78, 5) is 2.73. The van der Waals surface area contributed by atoms with Gasteiger partial charge in [0.05, 0.1) is 0 Å². The molecule has 0 unspecified atom stereocenters. The molecule has 0 aliphatic carbocycles. The van der Waals surface area contributed by atoms with Crippen LogP contribution in [0, 0.1) is 5.92 Å². The lowest BCUT2D eigenvalue weighted by atomic mass is 10.0. The Hall–Kier alpha value is -1.06. The Labute approximate surface area is 219 Å². The maximum Gasteiger partial charge on any atom is 0.120 e. The summed E-state index contributed by atoms with van der Waals surface area (Å²) in [7, 11) is 0. The molecule has 0 aromatic heterocycles. The number of hydrogen-bond acceptors (Lipinski definition) is 3. The third-order valence-electron chi connectivity index (χ3n) is 7.46. The molecule has 0 aliphatic rings. The van der Waals surface area contributed by atoms with Crippen molar-refractivity contribution in [2.45, 2.75) is 143 Å². The van der Waals surface area contributed by atoms with E-state index in [-0.39, 0.29) is 0 Å². The number of phenolic OH excluding ortho intramolecular Hbond substituents is 1. The molecule has 1 aromatic carbocycles. The molecule has 2 N–H and O–H groups in total. The highest BCUT2D eigenvalue weighted by Gasteiger charge is 2.17. The lowest BCUT2D eigenvalue weighted by Crippen LogP contribution is -2.44. The largest absolute Gasteiger partial charge is 0.508 e. The Balaban J connectivity index is 2.46. The summed E-state index contributed by atoms with van der Waals surface area (Å²) < 4.78 is 0. The molecule has 35 heavy (non-hydrogen) atoms. The molecule has 0 amide bonds. The second kappa shape index (κ2) is 22.2. The van der Waals surface area contributed by atoms with Crippen LogP contribution >= 0.6 is 0 Å². The van der Waals surface area contributed by atoms with Crippen molar-refractivity contribution in [2.24, 2.45) is 5.92 Å². The number of hydrogen-bond donors (Lipinski definition) is 2. The first-order valence-corrected chi connectivity index (χ1v) is 15.3. The molecule has 0 radical (unpaired) electrons. The zero-order valence-electron chi connectivity index (χ0n) is 24.0. The smallest absolute Gasteiger partial charge is 0.120 e. The molecule has 0 spiro atoms. The van der Waals surface area contributed by atoms with Crippen molar-refractivity contribution < 1.29 is 5.11 Å². The minimum absolute atomic E-state index is 0.400. The van der Waals surface area contributed by atoms with Gasteiger partial charge in [0.1, 0.15) is 5.75 Å². The summed E-state index contributed by atoms with van der Waals surface area (Å²) in [6.45, 7) is 13.5. The van der Waals surface area contributed by atoms with Gasteiger partial charge in [-0.3, -0.25) is 0 Å². The molecule has 0 heterocycles. The van der Waals surface area contributed by atoms with E-state index in [2.05, 4.69) is 37.9 Å². The fourth-order valence-electron chi connectivity index (χ4n) is 4.92. The van der Waals surface area contributed by atoms with Crippen molar-refractivity contribution in [1.82, 2.24) is 10.2 Å². The Morgan fingerprint density at radius 2 is 1.14 bits per heavy atom. The van der Waals surface area contributed by atoms with Crippen molar-refractivity contribution in [1.29, 1.82) is 0 Å². The molecule has 0 aliphatic heterocycles. The lowest BCUT2D eigenvalue weighted by molar-refractivity contribution is 0.208. The van der Waals surface area contributed by atoms with Gasteiger partial charge in [-0.05, 0) is 37.9 Å². The van der Waals surface area contributed by atoms with Gasteiger partial charge in [-0.2, -0.15) is 0 Å². The highest BCUT2D eigenvalue weighted by molar-refractivity contribution is 5.31. The molecule has 3 heteroatoms. The molecule has 0 saturated carbocycles. The number of unbranched alkanes of at least 4 members (excludes halogenated alkanes) is 14.